The van der Waals surface area contributed by atoms with E-state index in [1.807, 2.05) is 35.2 Å². The molecule has 0 unspecified atom stereocenters. The molecule has 0 saturated carbocycles. The van der Waals surface area contributed by atoms with Crippen LogP contribution in [0.3, 0.4) is 0 Å². The van der Waals surface area contributed by atoms with Gasteiger partial charge in [-0.3, -0.25) is 4.79 Å². The van der Waals surface area contributed by atoms with Gasteiger partial charge in [-0.05, 0) is 73.7 Å². The monoisotopic (exact) mass is 496 g/mol. The van der Waals surface area contributed by atoms with E-state index in [0.29, 0.717) is 25.3 Å². The van der Waals surface area contributed by atoms with Crippen molar-refractivity contribution in [2.24, 2.45) is 0 Å². The highest BCUT2D eigenvalue weighted by Gasteiger charge is 2.24. The fourth-order valence-corrected chi connectivity index (χ4v) is 4.36. The molecule has 1 aliphatic heterocycles. The molecule has 192 valence electrons. The van der Waals surface area contributed by atoms with Crippen LogP contribution in [0.1, 0.15) is 29.5 Å². The molecule has 2 N–H and O–H groups in total. The van der Waals surface area contributed by atoms with E-state index in [-0.39, 0.29) is 11.9 Å². The molecule has 6 nitrogen and oxygen atoms in total. The summed E-state index contributed by atoms with van der Waals surface area (Å²) < 4.78 is 7.69. The van der Waals surface area contributed by atoms with Crippen LogP contribution in [0, 0.1) is 13.8 Å². The third-order valence-electron chi connectivity index (χ3n) is 6.47. The first kappa shape index (κ1) is 26.0. The number of likely N-dealkylation sites (tertiary alicyclic amines) is 1. The zero-order valence-electron chi connectivity index (χ0n) is 21.7. The van der Waals surface area contributed by atoms with Gasteiger partial charge in [-0.25, -0.2) is 5.43 Å². The van der Waals surface area contributed by atoms with E-state index in [4.69, 9.17) is 4.74 Å². The molecule has 1 aromatic heterocycles. The largest absolute Gasteiger partial charge is 0.497 e. The van der Waals surface area contributed by atoms with Gasteiger partial charge in [0, 0.05) is 37.1 Å². The van der Waals surface area contributed by atoms with Gasteiger partial charge in [-0.2, -0.15) is 0 Å². The van der Waals surface area contributed by atoms with Gasteiger partial charge >= 0.3 is 0 Å². The van der Waals surface area contributed by atoms with E-state index in [0.717, 1.165) is 29.8 Å². The number of aromatic nitrogens is 1. The maximum Gasteiger partial charge on any atom is 0.253 e. The van der Waals surface area contributed by atoms with Gasteiger partial charge in [-0.15, -0.1) is 0 Å². The van der Waals surface area contributed by atoms with Crippen molar-refractivity contribution in [1.29, 1.82) is 0 Å². The molecule has 0 aliphatic carbocycles. The number of rotatable bonds is 10. The highest BCUT2D eigenvalue weighted by atomic mass is 16.5. The van der Waals surface area contributed by atoms with Gasteiger partial charge in [-0.1, -0.05) is 49.1 Å². The average Bonchev–Trinajstić information content (AvgIpc) is 3.36. The number of nitrogens with one attached hydrogen (secondary N) is 2. The van der Waals surface area contributed by atoms with Crippen LogP contribution >= 0.6 is 0 Å². The van der Waals surface area contributed by atoms with Gasteiger partial charge in [0.1, 0.15) is 6.61 Å². The van der Waals surface area contributed by atoms with Gasteiger partial charge in [0.15, 0.2) is 0 Å². The third-order valence-corrected chi connectivity index (χ3v) is 6.47. The predicted molar refractivity (Wildman–Crippen MR) is 150 cm³/mol. The summed E-state index contributed by atoms with van der Waals surface area (Å²) in [6, 6.07) is 18.7. The first-order valence-electron chi connectivity index (χ1n) is 12.7. The van der Waals surface area contributed by atoms with Crippen LogP contribution in [0.4, 0.5) is 5.69 Å². The zero-order chi connectivity index (χ0) is 26.0. The Hall–Kier alpha value is -4.03. The van der Waals surface area contributed by atoms with Crippen LogP contribution in [-0.4, -0.2) is 34.5 Å². The van der Waals surface area contributed by atoms with Crippen molar-refractivity contribution in [2.75, 3.05) is 18.5 Å². The van der Waals surface area contributed by atoms with Crippen LogP contribution < -0.4 is 10.9 Å². The number of amides is 1. The minimum atomic E-state index is -0.00179. The second-order valence-electron chi connectivity index (χ2n) is 9.40. The third kappa shape index (κ3) is 7.24. The fraction of sp³-hybridized carbons (Fsp3) is 0.258. The summed E-state index contributed by atoms with van der Waals surface area (Å²) in [4.78, 5) is 14.9. The van der Waals surface area contributed by atoms with Crippen LogP contribution in [0.25, 0.3) is 5.69 Å². The Balaban J connectivity index is 1.27. The van der Waals surface area contributed by atoms with Crippen molar-refractivity contribution < 1.29 is 9.53 Å². The topological polar surface area (TPSA) is 58.5 Å². The number of anilines is 1. The zero-order valence-corrected chi connectivity index (χ0v) is 21.7. The number of carbonyl (C=O) groups is 1. The van der Waals surface area contributed by atoms with Crippen LogP contribution in [-0.2, 0) is 16.1 Å². The molecule has 1 amide bonds. The number of hydrazine groups is 1. The molecular weight excluding hydrogens is 460 g/mol. The molecule has 2 heterocycles. The maximum atomic E-state index is 13.0. The summed E-state index contributed by atoms with van der Waals surface area (Å²) in [5.41, 5.74) is 13.1. The summed E-state index contributed by atoms with van der Waals surface area (Å²) in [6.45, 7) is 9.88. The lowest BCUT2D eigenvalue weighted by atomic mass is 10.0. The highest BCUT2D eigenvalue weighted by molar-refractivity contribution is 5.96. The number of ether oxygens (including phenoxy) is 1. The van der Waals surface area contributed by atoms with Crippen molar-refractivity contribution in [3.05, 3.63) is 120 Å². The molecule has 37 heavy (non-hydrogen) atoms. The van der Waals surface area contributed by atoms with E-state index in [9.17, 15) is 4.79 Å². The Morgan fingerprint density at radius 3 is 2.57 bits per heavy atom. The molecule has 0 radical (unpaired) electrons. The number of nitrogens with zero attached hydrogens (tertiary/aromatic N) is 2. The normalized spacial score (nSPS) is 14.6. The molecule has 1 aliphatic rings. The number of carbonyl (C=O) groups excluding carboxylic acids is 1. The smallest absolute Gasteiger partial charge is 0.253 e. The van der Waals surface area contributed by atoms with Crippen molar-refractivity contribution in [2.45, 2.75) is 39.3 Å². The Kier molecular flexibility index (Phi) is 9.00. The van der Waals surface area contributed by atoms with Gasteiger partial charge in [0.2, 0.25) is 0 Å². The number of aryl methyl sites for hydroxylation is 2. The summed E-state index contributed by atoms with van der Waals surface area (Å²) >= 11 is 0. The second-order valence-corrected chi connectivity index (χ2v) is 9.40. The molecule has 6 heteroatoms. The van der Waals surface area contributed by atoms with Crippen LogP contribution in [0.5, 0.6) is 0 Å². The lowest BCUT2D eigenvalue weighted by Crippen LogP contribution is -2.46. The number of piperidine rings is 1. The molecule has 4 rings (SSSR count). The molecule has 0 bridgehead atoms. The molecular formula is C31H36N4O2. The highest BCUT2D eigenvalue weighted by Crippen LogP contribution is 2.23. The van der Waals surface area contributed by atoms with Gasteiger partial charge in [0.25, 0.3) is 5.91 Å². The Labute approximate surface area is 219 Å². The number of hydrogen-bond donors (Lipinski definition) is 2. The number of allylic oxidation sites excluding steroid dienone is 2. The van der Waals surface area contributed by atoms with Crippen LogP contribution in [0.15, 0.2) is 104 Å². The van der Waals surface area contributed by atoms with E-state index in [1.54, 1.807) is 24.5 Å². The quantitative estimate of drug-likeness (QED) is 0.160. The predicted octanol–water partition coefficient (Wildman–Crippen LogP) is 5.84. The Morgan fingerprint density at radius 1 is 1.08 bits per heavy atom. The SMILES string of the molecule is C=C/C(=C\C=C\OCc1ccccc1)C(=O)N1CCC(NNc2cc(C)ccc2-n2ccc(C)c2)CC1. The minimum absolute atomic E-state index is 0.00179. The van der Waals surface area contributed by atoms with E-state index in [1.165, 1.54) is 11.1 Å². The fourth-order valence-electron chi connectivity index (χ4n) is 4.36. The molecule has 0 atom stereocenters. The lowest BCUT2D eigenvalue weighted by molar-refractivity contribution is -0.127. The summed E-state index contributed by atoms with van der Waals surface area (Å²) in [7, 11) is 0. The summed E-state index contributed by atoms with van der Waals surface area (Å²) in [5.74, 6) is -0.00179. The first-order chi connectivity index (χ1) is 18.0. The molecule has 1 fully saturated rings. The summed E-state index contributed by atoms with van der Waals surface area (Å²) in [5, 5.41) is 0. The van der Waals surface area contributed by atoms with Crippen LogP contribution in [0.2, 0.25) is 0 Å². The van der Waals surface area contributed by atoms with E-state index < -0.39 is 0 Å². The Bertz CT molecular complexity index is 1250. The molecule has 1 saturated heterocycles. The molecule has 0 spiro atoms. The minimum Gasteiger partial charge on any atom is -0.497 e. The lowest BCUT2D eigenvalue weighted by Gasteiger charge is -2.33. The second kappa shape index (κ2) is 12.8. The Morgan fingerprint density at radius 2 is 1.86 bits per heavy atom. The molecule has 2 aromatic carbocycles. The first-order valence-corrected chi connectivity index (χ1v) is 12.7. The van der Waals surface area contributed by atoms with Crippen molar-refractivity contribution in [3.63, 3.8) is 0 Å². The van der Waals surface area contributed by atoms with E-state index in [2.05, 4.69) is 72.5 Å². The summed E-state index contributed by atoms with van der Waals surface area (Å²) in [6.07, 6.45) is 12.7. The number of benzene rings is 2. The van der Waals surface area contributed by atoms with Gasteiger partial charge in [0.05, 0.1) is 17.6 Å². The van der Waals surface area contributed by atoms with E-state index >= 15 is 0 Å². The number of hydrogen-bond acceptors (Lipinski definition) is 4. The van der Waals surface area contributed by atoms with Crippen molar-refractivity contribution >= 4 is 11.6 Å². The maximum absolute atomic E-state index is 13.0. The molecule has 3 aromatic rings. The van der Waals surface area contributed by atoms with Crippen molar-refractivity contribution in [1.82, 2.24) is 14.9 Å². The standard InChI is InChI=1S/C31H36N4O2/c1-4-27(11-8-20-37-23-26-9-6-5-7-10-26)31(36)34-18-15-28(16-19-34)32-33-29-21-24(2)12-13-30(29)35-17-14-25(3)22-35/h4-14,17,20-22,28,32-33H,1,15-16,18-19,23H2,2-3H3/b20-8+,27-11+. The van der Waals surface area contributed by atoms with Gasteiger partial charge < -0.3 is 19.6 Å². The van der Waals surface area contributed by atoms with Crippen molar-refractivity contribution in [3.8, 4) is 5.69 Å². The average molecular weight is 497 g/mol.